The summed E-state index contributed by atoms with van der Waals surface area (Å²) in [5, 5.41) is 2.78. The number of aromatic nitrogens is 2. The molecule has 140 valence electrons. The normalized spacial score (nSPS) is 21.8. The van der Waals surface area contributed by atoms with Crippen molar-refractivity contribution in [3.8, 4) is 0 Å². The van der Waals surface area contributed by atoms with Crippen molar-refractivity contribution in [1.29, 1.82) is 0 Å². The Balaban J connectivity index is 1.45. The van der Waals surface area contributed by atoms with E-state index in [0.29, 0.717) is 25.3 Å². The summed E-state index contributed by atoms with van der Waals surface area (Å²) in [5.74, 6) is -0.200. The fraction of sp³-hybridized carbons (Fsp3) is 0.400. The van der Waals surface area contributed by atoms with E-state index in [2.05, 4.69) is 20.3 Å². The summed E-state index contributed by atoms with van der Waals surface area (Å²) in [6, 6.07) is 5.42. The number of halogens is 1. The number of likely N-dealkylation sites (tertiary alicyclic amines) is 1. The number of hydrogen-bond donors (Lipinski definition) is 1. The Hall–Kier alpha value is -2.67. The number of carbonyl (C=O) groups excluding carboxylic acids is 1. The van der Waals surface area contributed by atoms with E-state index in [1.807, 2.05) is 37.1 Å². The van der Waals surface area contributed by atoms with Gasteiger partial charge in [-0.1, -0.05) is 0 Å². The number of amides is 1. The molecule has 27 heavy (non-hydrogen) atoms. The molecule has 2 aromatic rings. The lowest BCUT2D eigenvalue weighted by atomic mass is 10.0. The highest BCUT2D eigenvalue weighted by molar-refractivity contribution is 6.15. The highest BCUT2D eigenvalue weighted by Gasteiger charge is 2.31. The average Bonchev–Trinajstić information content (AvgIpc) is 3.17. The fourth-order valence-electron chi connectivity index (χ4n) is 3.68. The van der Waals surface area contributed by atoms with Crippen molar-refractivity contribution in [1.82, 2.24) is 20.2 Å². The van der Waals surface area contributed by atoms with E-state index < -0.39 is 12.2 Å². The van der Waals surface area contributed by atoms with Gasteiger partial charge in [0, 0.05) is 42.3 Å². The number of carbonyl (C=O) groups is 1. The summed E-state index contributed by atoms with van der Waals surface area (Å²) in [4.78, 5) is 27.4. The van der Waals surface area contributed by atoms with E-state index in [0.717, 1.165) is 28.1 Å². The molecule has 1 saturated heterocycles. The van der Waals surface area contributed by atoms with Crippen molar-refractivity contribution in [2.24, 2.45) is 4.99 Å². The number of hydrogen-bond acceptors (Lipinski definition) is 5. The average molecular weight is 367 g/mol. The third-order valence-electron chi connectivity index (χ3n) is 5.00. The largest absolute Gasteiger partial charge is 0.349 e. The molecule has 1 amide bonds. The van der Waals surface area contributed by atoms with E-state index in [9.17, 15) is 9.18 Å². The van der Waals surface area contributed by atoms with Gasteiger partial charge in [-0.3, -0.25) is 19.8 Å². The summed E-state index contributed by atoms with van der Waals surface area (Å²) in [5.41, 5.74) is 5.59. The first-order valence-electron chi connectivity index (χ1n) is 9.07. The maximum atomic E-state index is 13.9. The monoisotopic (exact) mass is 367 g/mol. The van der Waals surface area contributed by atoms with Gasteiger partial charge >= 0.3 is 0 Å². The molecular weight excluding hydrogens is 345 g/mol. The number of alkyl halides is 1. The third kappa shape index (κ3) is 3.73. The van der Waals surface area contributed by atoms with Crippen molar-refractivity contribution in [3.05, 3.63) is 58.7 Å². The van der Waals surface area contributed by atoms with Crippen LogP contribution in [0.25, 0.3) is 0 Å². The van der Waals surface area contributed by atoms with Crippen LogP contribution in [0.2, 0.25) is 0 Å². The van der Waals surface area contributed by atoms with Crippen molar-refractivity contribution >= 4 is 11.6 Å². The van der Waals surface area contributed by atoms with E-state index in [4.69, 9.17) is 0 Å². The quantitative estimate of drug-likeness (QED) is 0.888. The highest BCUT2D eigenvalue weighted by Crippen LogP contribution is 2.23. The molecule has 2 aliphatic rings. The first kappa shape index (κ1) is 17.7. The minimum atomic E-state index is -1.02. The van der Waals surface area contributed by atoms with Gasteiger partial charge in [0.2, 0.25) is 5.91 Å². The van der Waals surface area contributed by atoms with Crippen LogP contribution in [0.3, 0.4) is 0 Å². The Labute approximate surface area is 157 Å². The van der Waals surface area contributed by atoms with E-state index in [1.165, 1.54) is 0 Å². The van der Waals surface area contributed by atoms with Crippen LogP contribution in [-0.2, 0) is 17.8 Å². The van der Waals surface area contributed by atoms with Gasteiger partial charge in [-0.15, -0.1) is 0 Å². The van der Waals surface area contributed by atoms with Gasteiger partial charge < -0.3 is 10.2 Å². The van der Waals surface area contributed by atoms with E-state index >= 15 is 0 Å². The molecule has 2 aromatic heterocycles. The Morgan fingerprint density at radius 3 is 2.93 bits per heavy atom. The van der Waals surface area contributed by atoms with Gasteiger partial charge in [0.05, 0.1) is 30.4 Å². The summed E-state index contributed by atoms with van der Waals surface area (Å²) in [6.45, 7) is 3.41. The van der Waals surface area contributed by atoms with Gasteiger partial charge in [0.15, 0.2) is 0 Å². The predicted molar refractivity (Wildman–Crippen MR) is 101 cm³/mol. The van der Waals surface area contributed by atoms with Crippen LogP contribution in [0.1, 0.15) is 28.1 Å². The number of pyridine rings is 2. The van der Waals surface area contributed by atoms with E-state index in [1.54, 1.807) is 12.4 Å². The van der Waals surface area contributed by atoms with Crippen LogP contribution in [0.15, 0.2) is 35.6 Å². The molecule has 0 saturated carbocycles. The summed E-state index contributed by atoms with van der Waals surface area (Å²) >= 11 is 0. The van der Waals surface area contributed by atoms with Gasteiger partial charge in [0.25, 0.3) is 0 Å². The van der Waals surface area contributed by atoms with Crippen LogP contribution < -0.4 is 5.32 Å². The Morgan fingerprint density at radius 2 is 2.19 bits per heavy atom. The first-order valence-corrected chi connectivity index (χ1v) is 9.07. The number of aryl methyl sites for hydroxylation is 1. The lowest BCUT2D eigenvalue weighted by molar-refractivity contribution is -0.121. The number of nitrogens with zero attached hydrogens (tertiary/aromatic N) is 4. The molecule has 4 rings (SSSR count). The third-order valence-corrected chi connectivity index (χ3v) is 5.00. The maximum absolute atomic E-state index is 13.9. The molecular formula is C20H22FN5O. The fourth-order valence-corrected chi connectivity index (χ4v) is 3.68. The van der Waals surface area contributed by atoms with Crippen LogP contribution in [0.5, 0.6) is 0 Å². The minimum Gasteiger partial charge on any atom is -0.349 e. The van der Waals surface area contributed by atoms with Crippen LogP contribution in [0, 0.1) is 6.92 Å². The number of likely N-dealkylation sites (N-methyl/N-ethyl adjacent to an activating group) is 1. The van der Waals surface area contributed by atoms with Gasteiger partial charge in [-0.25, -0.2) is 4.39 Å². The molecule has 0 aromatic carbocycles. The second kappa shape index (κ2) is 7.15. The second-order valence-electron chi connectivity index (χ2n) is 7.27. The molecule has 0 spiro atoms. The van der Waals surface area contributed by atoms with Gasteiger partial charge in [0.1, 0.15) is 6.17 Å². The molecule has 0 aliphatic carbocycles. The number of rotatable bonds is 4. The zero-order chi connectivity index (χ0) is 19.0. The predicted octanol–water partition coefficient (Wildman–Crippen LogP) is 1.45. The van der Waals surface area contributed by atoms with Crippen LogP contribution in [-0.4, -0.2) is 58.8 Å². The maximum Gasteiger partial charge on any atom is 0.226 e. The van der Waals surface area contributed by atoms with Crippen molar-refractivity contribution in [2.45, 2.75) is 32.1 Å². The lowest BCUT2D eigenvalue weighted by Crippen LogP contribution is -2.42. The molecule has 4 heterocycles. The standard InChI is InChI=1S/C20H22FN5O/c1-12-5-13(3-4-22-12)20-16-9-23-15(6-14(16)8-24-20)7-19(27)25-18-11-26(2)10-17(18)21/h3-6,9,17-18H,7-8,10-11H2,1-2H3,(H,25,27)/t17-,18-/m1/s1. The zero-order valence-electron chi connectivity index (χ0n) is 15.4. The molecule has 2 atom stereocenters. The van der Waals surface area contributed by atoms with Crippen molar-refractivity contribution in [3.63, 3.8) is 0 Å². The number of aliphatic imine (C=N–C) groups is 1. The van der Waals surface area contributed by atoms with Gasteiger partial charge in [-0.2, -0.15) is 0 Å². The molecule has 6 nitrogen and oxygen atoms in total. The van der Waals surface area contributed by atoms with Crippen molar-refractivity contribution < 1.29 is 9.18 Å². The molecule has 1 N–H and O–H groups in total. The minimum absolute atomic E-state index is 0.143. The second-order valence-corrected chi connectivity index (χ2v) is 7.27. The highest BCUT2D eigenvalue weighted by atomic mass is 19.1. The molecule has 0 bridgehead atoms. The van der Waals surface area contributed by atoms with Crippen LogP contribution >= 0.6 is 0 Å². The molecule has 2 aliphatic heterocycles. The lowest BCUT2D eigenvalue weighted by Gasteiger charge is -2.14. The van der Waals surface area contributed by atoms with Crippen molar-refractivity contribution in [2.75, 3.05) is 20.1 Å². The summed E-state index contributed by atoms with van der Waals surface area (Å²) < 4.78 is 13.9. The molecule has 0 unspecified atom stereocenters. The molecule has 7 heteroatoms. The SMILES string of the molecule is Cc1cc(C2=NCc3cc(CC(=O)N[C@@H]4CN(C)C[C@H]4F)ncc32)ccn1. The topological polar surface area (TPSA) is 70.5 Å². The Bertz CT molecular complexity index is 913. The van der Waals surface area contributed by atoms with Gasteiger partial charge in [-0.05, 0) is 37.7 Å². The van der Waals surface area contributed by atoms with E-state index in [-0.39, 0.29) is 12.3 Å². The Morgan fingerprint density at radius 1 is 1.33 bits per heavy atom. The zero-order valence-corrected chi connectivity index (χ0v) is 15.4. The summed E-state index contributed by atoms with van der Waals surface area (Å²) in [7, 11) is 1.85. The summed E-state index contributed by atoms with van der Waals surface area (Å²) in [6.07, 6.45) is 2.67. The number of fused-ring (bicyclic) bond motifs is 1. The molecule has 1 fully saturated rings. The first-order chi connectivity index (χ1) is 13.0. The van der Waals surface area contributed by atoms with Crippen LogP contribution in [0.4, 0.5) is 4.39 Å². The molecule has 0 radical (unpaired) electrons. The Kier molecular flexibility index (Phi) is 4.70. The smallest absolute Gasteiger partial charge is 0.226 e. The number of nitrogens with one attached hydrogen (secondary N) is 1.